The third-order valence-corrected chi connectivity index (χ3v) is 4.16. The van der Waals surface area contributed by atoms with Gasteiger partial charge in [-0.15, -0.1) is 0 Å². The maximum Gasteiger partial charge on any atom is 0.321 e. The van der Waals surface area contributed by atoms with E-state index >= 15 is 0 Å². The lowest BCUT2D eigenvalue weighted by atomic mass is 9.91. The highest BCUT2D eigenvalue weighted by Gasteiger charge is 2.25. The van der Waals surface area contributed by atoms with Gasteiger partial charge in [-0.2, -0.15) is 8.78 Å². The second kappa shape index (κ2) is 8.18. The quantitative estimate of drug-likeness (QED) is 0.759. The van der Waals surface area contributed by atoms with Crippen LogP contribution in [0.15, 0.2) is 23.1 Å². The van der Waals surface area contributed by atoms with E-state index in [1.54, 1.807) is 6.07 Å². The van der Waals surface area contributed by atoms with E-state index in [2.05, 4.69) is 18.7 Å². The Morgan fingerprint density at radius 2 is 2.00 bits per heavy atom. The van der Waals surface area contributed by atoms with Gasteiger partial charge in [0.15, 0.2) is 0 Å². The predicted molar refractivity (Wildman–Crippen MR) is 89.3 cm³/mol. The lowest BCUT2D eigenvalue weighted by molar-refractivity contribution is 0.0160. The normalized spacial score (nSPS) is 17.0. The summed E-state index contributed by atoms with van der Waals surface area (Å²) in [5.74, 6) is 0. The van der Waals surface area contributed by atoms with Crippen molar-refractivity contribution in [2.45, 2.75) is 26.9 Å². The summed E-state index contributed by atoms with van der Waals surface area (Å²) in [4.78, 5) is 16.5. The molecule has 0 amide bonds. The summed E-state index contributed by atoms with van der Waals surface area (Å²) < 4.78 is 31.5. The van der Waals surface area contributed by atoms with E-state index in [4.69, 9.17) is 4.74 Å². The van der Waals surface area contributed by atoms with Crippen molar-refractivity contribution >= 4 is 0 Å². The number of hydrogen-bond acceptors (Lipinski definition) is 4. The van der Waals surface area contributed by atoms with Crippen LogP contribution >= 0.6 is 0 Å². The first kappa shape index (κ1) is 19.0. The Bertz CT molecular complexity index is 583. The number of alkyl halides is 2. The van der Waals surface area contributed by atoms with E-state index in [0.29, 0.717) is 16.7 Å². The monoisotopic (exact) mass is 343 g/mol. The molecule has 0 atom stereocenters. The molecule has 0 aliphatic carbocycles. The van der Waals surface area contributed by atoms with Crippen molar-refractivity contribution in [3.8, 4) is 0 Å². The predicted octanol–water partition coefficient (Wildman–Crippen LogP) is 2.03. The number of halogens is 2. The smallest absolute Gasteiger partial charge is 0.321 e. The molecule has 2 rings (SSSR count). The molecule has 2 heterocycles. The summed E-state index contributed by atoms with van der Waals surface area (Å²) >= 11 is 0. The molecule has 1 aliphatic rings. The Labute approximate surface area is 141 Å². The van der Waals surface area contributed by atoms with Crippen molar-refractivity contribution in [3.05, 3.63) is 34.2 Å². The topological polar surface area (TPSA) is 37.7 Å². The van der Waals surface area contributed by atoms with Crippen molar-refractivity contribution < 1.29 is 13.5 Å². The number of nitrogens with zero attached hydrogens (tertiary/aromatic N) is 3. The fraction of sp³-hybridized carbons (Fsp3) is 0.706. The second-order valence-electron chi connectivity index (χ2n) is 7.25. The zero-order valence-corrected chi connectivity index (χ0v) is 14.7. The first-order valence-electron chi connectivity index (χ1n) is 8.25. The molecule has 1 aromatic heterocycles. The molecule has 136 valence electrons. The molecule has 0 aromatic carbocycles. The molecule has 24 heavy (non-hydrogen) atoms. The lowest BCUT2D eigenvalue weighted by Crippen LogP contribution is -2.45. The van der Waals surface area contributed by atoms with Crippen molar-refractivity contribution in [3.63, 3.8) is 0 Å². The van der Waals surface area contributed by atoms with E-state index in [1.165, 1.54) is 6.07 Å². The highest BCUT2D eigenvalue weighted by molar-refractivity contribution is 5.10. The van der Waals surface area contributed by atoms with Crippen LogP contribution in [0, 0.1) is 5.41 Å². The molecule has 0 N–H and O–H groups in total. The Morgan fingerprint density at radius 1 is 1.33 bits per heavy atom. The van der Waals surface area contributed by atoms with Gasteiger partial charge in [0.25, 0.3) is 5.56 Å². The maximum absolute atomic E-state index is 12.8. The SMILES string of the molecule is CN(Cc1cccn(C(F)F)c1=O)CC(C)(C)CN1CCOCC1. The number of ether oxygens (including phenoxy) is 1. The van der Waals surface area contributed by atoms with Crippen molar-refractivity contribution in [2.24, 2.45) is 5.41 Å². The molecule has 0 saturated carbocycles. The zero-order valence-electron chi connectivity index (χ0n) is 14.7. The lowest BCUT2D eigenvalue weighted by Gasteiger charge is -2.37. The fourth-order valence-electron chi connectivity index (χ4n) is 3.32. The molecule has 1 aromatic rings. The van der Waals surface area contributed by atoms with E-state index in [-0.39, 0.29) is 5.41 Å². The Kier molecular flexibility index (Phi) is 6.48. The van der Waals surface area contributed by atoms with Crippen LogP contribution in [-0.2, 0) is 11.3 Å². The molecular formula is C17H27F2N3O2. The van der Waals surface area contributed by atoms with Gasteiger partial charge in [-0.1, -0.05) is 19.9 Å². The molecule has 1 saturated heterocycles. The fourth-order valence-corrected chi connectivity index (χ4v) is 3.32. The summed E-state index contributed by atoms with van der Waals surface area (Å²) in [6.45, 7) is 7.04. The minimum Gasteiger partial charge on any atom is -0.379 e. The van der Waals surface area contributed by atoms with Gasteiger partial charge in [-0.3, -0.25) is 14.3 Å². The molecule has 0 bridgehead atoms. The standard InChI is InChI=1S/C17H27F2N3O2/c1-17(2,13-21-7-9-24-10-8-21)12-20(3)11-14-5-4-6-22(15(14)23)16(18)19/h4-6,16H,7-13H2,1-3H3. The third-order valence-electron chi connectivity index (χ3n) is 4.16. The first-order chi connectivity index (χ1) is 11.3. The maximum atomic E-state index is 12.8. The molecule has 1 fully saturated rings. The van der Waals surface area contributed by atoms with Gasteiger partial charge in [0.05, 0.1) is 13.2 Å². The summed E-state index contributed by atoms with van der Waals surface area (Å²) in [5.41, 5.74) is -0.199. The van der Waals surface area contributed by atoms with Crippen LogP contribution in [-0.4, -0.2) is 60.8 Å². The van der Waals surface area contributed by atoms with Crippen LogP contribution in [0.25, 0.3) is 0 Å². The average Bonchev–Trinajstić information content (AvgIpc) is 2.49. The average molecular weight is 343 g/mol. The summed E-state index contributed by atoms with van der Waals surface area (Å²) in [5, 5.41) is 0. The van der Waals surface area contributed by atoms with Crippen molar-refractivity contribution in [2.75, 3.05) is 46.4 Å². The molecule has 5 nitrogen and oxygen atoms in total. The highest BCUT2D eigenvalue weighted by atomic mass is 19.3. The van der Waals surface area contributed by atoms with Gasteiger partial charge < -0.3 is 9.64 Å². The number of aromatic nitrogens is 1. The van der Waals surface area contributed by atoms with Crippen LogP contribution < -0.4 is 5.56 Å². The van der Waals surface area contributed by atoms with Crippen LogP contribution in [0.3, 0.4) is 0 Å². The molecule has 7 heteroatoms. The Morgan fingerprint density at radius 3 is 2.62 bits per heavy atom. The van der Waals surface area contributed by atoms with Gasteiger partial charge >= 0.3 is 6.55 Å². The van der Waals surface area contributed by atoms with Crippen LogP contribution in [0.5, 0.6) is 0 Å². The van der Waals surface area contributed by atoms with Gasteiger partial charge in [-0.25, -0.2) is 0 Å². The van der Waals surface area contributed by atoms with E-state index in [1.807, 2.05) is 11.9 Å². The highest BCUT2D eigenvalue weighted by Crippen LogP contribution is 2.20. The summed E-state index contributed by atoms with van der Waals surface area (Å²) in [7, 11) is 1.92. The number of morpholine rings is 1. The molecule has 1 aliphatic heterocycles. The molecule has 0 radical (unpaired) electrons. The minimum absolute atomic E-state index is 0.0304. The van der Waals surface area contributed by atoms with Crippen LogP contribution in [0.2, 0.25) is 0 Å². The Hall–Kier alpha value is -1.31. The molecular weight excluding hydrogens is 316 g/mol. The Balaban J connectivity index is 1.95. The number of pyridine rings is 1. The third kappa shape index (κ3) is 5.36. The minimum atomic E-state index is -2.81. The van der Waals surface area contributed by atoms with Crippen molar-refractivity contribution in [1.82, 2.24) is 14.4 Å². The van der Waals surface area contributed by atoms with E-state index in [0.717, 1.165) is 45.6 Å². The van der Waals surface area contributed by atoms with Gasteiger partial charge in [-0.05, 0) is 18.5 Å². The van der Waals surface area contributed by atoms with E-state index < -0.39 is 12.1 Å². The van der Waals surface area contributed by atoms with Crippen LogP contribution in [0.4, 0.5) is 8.78 Å². The number of rotatable bonds is 7. The largest absolute Gasteiger partial charge is 0.379 e. The number of hydrogen-bond donors (Lipinski definition) is 0. The first-order valence-corrected chi connectivity index (χ1v) is 8.25. The van der Waals surface area contributed by atoms with Gasteiger partial charge in [0, 0.05) is 44.5 Å². The van der Waals surface area contributed by atoms with Crippen LogP contribution in [0.1, 0.15) is 26.0 Å². The molecule has 0 spiro atoms. The van der Waals surface area contributed by atoms with Gasteiger partial charge in [0.2, 0.25) is 0 Å². The molecule has 0 unspecified atom stereocenters. The zero-order chi connectivity index (χ0) is 17.7. The summed E-state index contributed by atoms with van der Waals surface area (Å²) in [6, 6.07) is 3.11. The summed E-state index contributed by atoms with van der Waals surface area (Å²) in [6.07, 6.45) is 1.12. The van der Waals surface area contributed by atoms with E-state index in [9.17, 15) is 13.6 Å². The van der Waals surface area contributed by atoms with Crippen molar-refractivity contribution in [1.29, 1.82) is 0 Å². The van der Waals surface area contributed by atoms with Gasteiger partial charge in [0.1, 0.15) is 0 Å². The second-order valence-corrected chi connectivity index (χ2v) is 7.25.